The standard InChI is InChI=1S/C29H24Br2N2O6S/c1-5-38-28(35)25-15(2)32-29-33(26(25)19-13-22(36-3)23(37-4)14-20(19)31)27(34)24(40-29)12-18-9-10-21(39-18)16-7-6-8-17(30)11-16/h6-14,26H,5H2,1-4H3/b24-12-/t26-/m1/s1. The van der Waals surface area contributed by atoms with Gasteiger partial charge in [-0.1, -0.05) is 55.3 Å². The van der Waals surface area contributed by atoms with Gasteiger partial charge in [0, 0.05) is 20.6 Å². The number of thiazole rings is 1. The molecule has 0 radical (unpaired) electrons. The second kappa shape index (κ2) is 11.6. The largest absolute Gasteiger partial charge is 0.493 e. The molecule has 0 amide bonds. The molecule has 0 spiro atoms. The Morgan fingerprint density at radius 3 is 2.58 bits per heavy atom. The molecular weight excluding hydrogens is 664 g/mol. The van der Waals surface area contributed by atoms with Gasteiger partial charge in [-0.2, -0.15) is 0 Å². The van der Waals surface area contributed by atoms with E-state index in [2.05, 4.69) is 36.9 Å². The van der Waals surface area contributed by atoms with E-state index in [4.69, 9.17) is 18.6 Å². The summed E-state index contributed by atoms with van der Waals surface area (Å²) in [5.41, 5.74) is 1.95. The number of halogens is 2. The predicted molar refractivity (Wildman–Crippen MR) is 159 cm³/mol. The van der Waals surface area contributed by atoms with Gasteiger partial charge in [0.05, 0.1) is 42.7 Å². The maximum atomic E-state index is 13.9. The molecule has 8 nitrogen and oxygen atoms in total. The molecule has 5 rings (SSSR count). The fraction of sp³-hybridized carbons (Fsp3) is 0.207. The minimum absolute atomic E-state index is 0.179. The third-order valence-corrected chi connectivity index (χ3v) is 8.49. The first kappa shape index (κ1) is 28.1. The van der Waals surface area contributed by atoms with Crippen LogP contribution in [-0.4, -0.2) is 31.4 Å². The minimum atomic E-state index is -0.819. The molecule has 2 aromatic heterocycles. The number of hydrogen-bond donors (Lipinski definition) is 0. The zero-order chi connectivity index (χ0) is 28.6. The lowest BCUT2D eigenvalue weighted by atomic mass is 9.95. The van der Waals surface area contributed by atoms with E-state index in [1.807, 2.05) is 36.4 Å². The van der Waals surface area contributed by atoms with Crippen LogP contribution in [0.15, 0.2) is 83.0 Å². The topological polar surface area (TPSA) is 92.3 Å². The monoisotopic (exact) mass is 686 g/mol. The first-order valence-electron chi connectivity index (χ1n) is 12.2. The number of fused-ring (bicyclic) bond motifs is 1. The van der Waals surface area contributed by atoms with Gasteiger partial charge in [-0.3, -0.25) is 9.36 Å². The van der Waals surface area contributed by atoms with Crippen molar-refractivity contribution in [1.82, 2.24) is 4.57 Å². The third-order valence-electron chi connectivity index (χ3n) is 6.32. The van der Waals surface area contributed by atoms with Gasteiger partial charge in [-0.15, -0.1) is 0 Å². The number of ether oxygens (including phenoxy) is 3. The average molecular weight is 688 g/mol. The molecule has 0 unspecified atom stereocenters. The number of methoxy groups -OCH3 is 2. The van der Waals surface area contributed by atoms with Gasteiger partial charge in [0.2, 0.25) is 0 Å². The summed E-state index contributed by atoms with van der Waals surface area (Å²) in [6.07, 6.45) is 1.69. The molecule has 11 heteroatoms. The fourth-order valence-electron chi connectivity index (χ4n) is 4.52. The molecule has 1 aliphatic rings. The number of aromatic nitrogens is 1. The molecule has 0 N–H and O–H groups in total. The van der Waals surface area contributed by atoms with Gasteiger partial charge in [-0.25, -0.2) is 9.79 Å². The van der Waals surface area contributed by atoms with Crippen molar-refractivity contribution in [3.63, 3.8) is 0 Å². The SMILES string of the molecule is CCOC(=O)C1=C(C)N=c2s/c(=C\c3ccc(-c4cccc(Br)c4)o3)c(=O)n2[C@@H]1c1cc(OC)c(OC)cc1Br. The van der Waals surface area contributed by atoms with Crippen LogP contribution in [0.5, 0.6) is 11.5 Å². The van der Waals surface area contributed by atoms with Crippen LogP contribution in [0.25, 0.3) is 17.4 Å². The second-order valence-corrected chi connectivity index (χ2v) is 11.5. The number of nitrogens with zero attached hydrogens (tertiary/aromatic N) is 2. The number of carbonyl (C=O) groups is 1. The van der Waals surface area contributed by atoms with Crippen molar-refractivity contribution in [3.8, 4) is 22.8 Å². The molecule has 0 saturated carbocycles. The molecule has 40 heavy (non-hydrogen) atoms. The van der Waals surface area contributed by atoms with Crippen LogP contribution < -0.4 is 24.4 Å². The summed E-state index contributed by atoms with van der Waals surface area (Å²) in [5, 5.41) is 0. The highest BCUT2D eigenvalue weighted by molar-refractivity contribution is 9.10. The summed E-state index contributed by atoms with van der Waals surface area (Å²) in [4.78, 5) is 32.2. The molecule has 4 aromatic rings. The Morgan fingerprint density at radius 2 is 1.88 bits per heavy atom. The Hall–Kier alpha value is -3.41. The smallest absolute Gasteiger partial charge is 0.338 e. The quantitative estimate of drug-likeness (QED) is 0.235. The van der Waals surface area contributed by atoms with E-state index < -0.39 is 12.0 Å². The summed E-state index contributed by atoms with van der Waals surface area (Å²) >= 11 is 8.31. The number of carbonyl (C=O) groups excluding carboxylic acids is 1. The summed E-state index contributed by atoms with van der Waals surface area (Å²) in [5.74, 6) is 1.60. The van der Waals surface area contributed by atoms with Gasteiger partial charge in [0.25, 0.3) is 5.56 Å². The Kier molecular flexibility index (Phi) is 8.16. The van der Waals surface area contributed by atoms with Crippen LogP contribution in [0.3, 0.4) is 0 Å². The van der Waals surface area contributed by atoms with Crippen LogP contribution in [-0.2, 0) is 9.53 Å². The lowest BCUT2D eigenvalue weighted by molar-refractivity contribution is -0.139. The number of furan rings is 1. The lowest BCUT2D eigenvalue weighted by Crippen LogP contribution is -2.40. The summed E-state index contributed by atoms with van der Waals surface area (Å²) in [7, 11) is 3.07. The van der Waals surface area contributed by atoms with Gasteiger partial charge in [0.15, 0.2) is 16.3 Å². The fourth-order valence-corrected chi connectivity index (χ4v) is 6.49. The molecular formula is C29H24Br2N2O6S. The van der Waals surface area contributed by atoms with E-state index in [0.717, 1.165) is 10.0 Å². The van der Waals surface area contributed by atoms with Crippen molar-refractivity contribution in [2.75, 3.05) is 20.8 Å². The van der Waals surface area contributed by atoms with Crippen LogP contribution in [0.1, 0.15) is 31.2 Å². The number of rotatable bonds is 7. The molecule has 0 fully saturated rings. The maximum Gasteiger partial charge on any atom is 0.338 e. The Morgan fingerprint density at radius 1 is 1.12 bits per heavy atom. The second-order valence-electron chi connectivity index (χ2n) is 8.74. The van der Waals surface area contributed by atoms with Gasteiger partial charge < -0.3 is 18.6 Å². The molecule has 0 saturated heterocycles. The van der Waals surface area contributed by atoms with E-state index in [9.17, 15) is 9.59 Å². The highest BCUT2D eigenvalue weighted by Gasteiger charge is 2.35. The van der Waals surface area contributed by atoms with Crippen LogP contribution in [0.2, 0.25) is 0 Å². The van der Waals surface area contributed by atoms with Crippen molar-refractivity contribution in [3.05, 3.63) is 99.8 Å². The molecule has 206 valence electrons. The van der Waals surface area contributed by atoms with Crippen molar-refractivity contribution in [2.45, 2.75) is 19.9 Å². The van der Waals surface area contributed by atoms with E-state index >= 15 is 0 Å². The Balaban J connectivity index is 1.69. The average Bonchev–Trinajstić information content (AvgIpc) is 3.52. The minimum Gasteiger partial charge on any atom is -0.493 e. The highest BCUT2D eigenvalue weighted by Crippen LogP contribution is 2.40. The van der Waals surface area contributed by atoms with Gasteiger partial charge >= 0.3 is 5.97 Å². The number of allylic oxidation sites excluding steroid dienone is 1. The number of esters is 1. The van der Waals surface area contributed by atoms with Crippen LogP contribution >= 0.6 is 43.2 Å². The van der Waals surface area contributed by atoms with Gasteiger partial charge in [-0.05, 0) is 55.8 Å². The van der Waals surface area contributed by atoms with Crippen molar-refractivity contribution in [1.29, 1.82) is 0 Å². The molecule has 3 heterocycles. The van der Waals surface area contributed by atoms with E-state index in [1.54, 1.807) is 32.1 Å². The summed E-state index contributed by atoms with van der Waals surface area (Å²) < 4.78 is 25.9. The van der Waals surface area contributed by atoms with Crippen molar-refractivity contribution >= 4 is 55.2 Å². The number of hydrogen-bond acceptors (Lipinski definition) is 8. The van der Waals surface area contributed by atoms with E-state index in [1.165, 1.54) is 30.1 Å². The van der Waals surface area contributed by atoms with Crippen LogP contribution in [0.4, 0.5) is 0 Å². The molecule has 1 aliphatic heterocycles. The Bertz CT molecular complexity index is 1840. The van der Waals surface area contributed by atoms with Gasteiger partial charge in [0.1, 0.15) is 11.5 Å². The zero-order valence-corrected chi connectivity index (χ0v) is 26.0. The summed E-state index contributed by atoms with van der Waals surface area (Å²) in [6.45, 7) is 3.65. The predicted octanol–water partition coefficient (Wildman–Crippen LogP) is 5.60. The molecule has 0 aliphatic carbocycles. The first-order valence-corrected chi connectivity index (χ1v) is 14.6. The highest BCUT2D eigenvalue weighted by atomic mass is 79.9. The Labute approximate surface area is 250 Å². The van der Waals surface area contributed by atoms with E-state index in [0.29, 0.717) is 48.1 Å². The van der Waals surface area contributed by atoms with Crippen LogP contribution in [0, 0.1) is 0 Å². The lowest BCUT2D eigenvalue weighted by Gasteiger charge is -2.26. The van der Waals surface area contributed by atoms with Crippen molar-refractivity contribution in [2.24, 2.45) is 4.99 Å². The summed E-state index contributed by atoms with van der Waals surface area (Å²) in [6, 6.07) is 14.1. The van der Waals surface area contributed by atoms with Crippen molar-refractivity contribution < 1.29 is 23.4 Å². The maximum absolute atomic E-state index is 13.9. The molecule has 2 aromatic carbocycles. The first-order chi connectivity index (χ1) is 19.2. The number of benzene rings is 2. The van der Waals surface area contributed by atoms with E-state index in [-0.39, 0.29) is 17.7 Å². The molecule has 0 bridgehead atoms. The normalized spacial score (nSPS) is 15.1. The zero-order valence-electron chi connectivity index (χ0n) is 22.0. The molecule has 1 atom stereocenters. The third kappa shape index (κ3) is 5.21.